The number of hydrogen-bond donors (Lipinski definition) is 0. The van der Waals surface area contributed by atoms with E-state index in [4.69, 9.17) is 0 Å². The second kappa shape index (κ2) is 7.07. The molecule has 1 amide bonds. The maximum absolute atomic E-state index is 13.0. The lowest BCUT2D eigenvalue weighted by Gasteiger charge is -2.34. The van der Waals surface area contributed by atoms with Crippen LogP contribution in [0.15, 0.2) is 17.3 Å². The Kier molecular flexibility index (Phi) is 5.20. The predicted molar refractivity (Wildman–Crippen MR) is 94.3 cm³/mol. The van der Waals surface area contributed by atoms with Gasteiger partial charge >= 0.3 is 0 Å². The highest BCUT2D eigenvalue weighted by molar-refractivity contribution is 7.89. The van der Waals surface area contributed by atoms with E-state index in [9.17, 15) is 13.2 Å². The van der Waals surface area contributed by atoms with Crippen LogP contribution in [0.5, 0.6) is 0 Å². The second-order valence-electron chi connectivity index (χ2n) is 7.45. The fourth-order valence-corrected chi connectivity index (χ4v) is 4.77. The van der Waals surface area contributed by atoms with Crippen molar-refractivity contribution in [3.8, 4) is 0 Å². The summed E-state index contributed by atoms with van der Waals surface area (Å²) in [6.07, 6.45) is 5.56. The standard InChI is InChI=1S/C17H28N4O3S/c1-4-19-11-15(9-18-19)25(23,24)20-8-7-17(22)21(10-14-5-6-14)16(12-20)13(2)3/h9,11,13-14,16H,4-8,10,12H2,1-3H3/t16-/m0/s1. The third kappa shape index (κ3) is 3.89. The third-order valence-corrected chi connectivity index (χ3v) is 7.00. The lowest BCUT2D eigenvalue weighted by Crippen LogP contribution is -2.48. The van der Waals surface area contributed by atoms with Crippen LogP contribution < -0.4 is 0 Å². The maximum atomic E-state index is 13.0. The van der Waals surface area contributed by atoms with Crippen LogP contribution in [0.1, 0.15) is 40.0 Å². The summed E-state index contributed by atoms with van der Waals surface area (Å²) < 4.78 is 29.1. The molecule has 1 saturated carbocycles. The summed E-state index contributed by atoms with van der Waals surface area (Å²) in [5, 5.41) is 4.08. The smallest absolute Gasteiger partial charge is 0.246 e. The van der Waals surface area contributed by atoms with Gasteiger partial charge in [0.05, 0.1) is 6.20 Å². The van der Waals surface area contributed by atoms with Gasteiger partial charge in [-0.25, -0.2) is 8.42 Å². The van der Waals surface area contributed by atoms with Crippen LogP contribution in [0.4, 0.5) is 0 Å². The molecule has 0 unspecified atom stereocenters. The SMILES string of the molecule is CCn1cc(S(=O)(=O)N2CCC(=O)N(CC3CC3)[C@H](C(C)C)C2)cn1. The van der Waals surface area contributed by atoms with Crippen molar-refractivity contribution in [2.75, 3.05) is 19.6 Å². The van der Waals surface area contributed by atoms with Crippen molar-refractivity contribution in [3.05, 3.63) is 12.4 Å². The van der Waals surface area contributed by atoms with Crippen molar-refractivity contribution < 1.29 is 13.2 Å². The second-order valence-corrected chi connectivity index (χ2v) is 9.38. The number of rotatable bonds is 6. The molecule has 1 aromatic heterocycles. The van der Waals surface area contributed by atoms with Gasteiger partial charge in [0.2, 0.25) is 15.9 Å². The Morgan fingerprint density at radius 2 is 2.04 bits per heavy atom. The first-order valence-corrected chi connectivity index (χ1v) is 10.6. The van der Waals surface area contributed by atoms with Crippen LogP contribution in [0.25, 0.3) is 0 Å². The van der Waals surface area contributed by atoms with E-state index in [1.165, 1.54) is 23.3 Å². The minimum atomic E-state index is -3.63. The van der Waals surface area contributed by atoms with Crippen LogP contribution in [0.3, 0.4) is 0 Å². The largest absolute Gasteiger partial charge is 0.338 e. The van der Waals surface area contributed by atoms with Gasteiger partial charge in [0, 0.05) is 44.8 Å². The topological polar surface area (TPSA) is 75.5 Å². The van der Waals surface area contributed by atoms with Crippen molar-refractivity contribution >= 4 is 15.9 Å². The molecule has 1 aliphatic heterocycles. The van der Waals surface area contributed by atoms with Gasteiger partial charge in [0.1, 0.15) is 4.90 Å². The van der Waals surface area contributed by atoms with Crippen LogP contribution in [-0.2, 0) is 21.4 Å². The molecule has 1 aliphatic carbocycles. The number of carbonyl (C=O) groups excluding carboxylic acids is 1. The number of nitrogens with zero attached hydrogens (tertiary/aromatic N) is 4. The number of aromatic nitrogens is 2. The van der Waals surface area contributed by atoms with E-state index < -0.39 is 10.0 Å². The summed E-state index contributed by atoms with van der Waals surface area (Å²) in [5.74, 6) is 0.876. The van der Waals surface area contributed by atoms with Gasteiger partial charge in [-0.15, -0.1) is 0 Å². The Bertz CT molecular complexity index is 724. The molecular formula is C17H28N4O3S. The number of aryl methyl sites for hydroxylation is 1. The molecule has 0 radical (unpaired) electrons. The molecule has 0 N–H and O–H groups in total. The zero-order valence-electron chi connectivity index (χ0n) is 15.3. The summed E-state index contributed by atoms with van der Waals surface area (Å²) in [5.41, 5.74) is 0. The van der Waals surface area contributed by atoms with E-state index in [-0.39, 0.29) is 35.7 Å². The van der Waals surface area contributed by atoms with Gasteiger partial charge in [-0.2, -0.15) is 9.40 Å². The highest BCUT2D eigenvalue weighted by Gasteiger charge is 2.39. The molecule has 2 aliphatic rings. The van der Waals surface area contributed by atoms with E-state index in [2.05, 4.69) is 18.9 Å². The van der Waals surface area contributed by atoms with Crippen molar-refractivity contribution in [2.45, 2.75) is 57.5 Å². The zero-order chi connectivity index (χ0) is 18.2. The molecule has 0 spiro atoms. The Labute approximate surface area is 150 Å². The van der Waals surface area contributed by atoms with E-state index in [1.807, 2.05) is 11.8 Å². The minimum absolute atomic E-state index is 0.0764. The Hall–Kier alpha value is -1.41. The Morgan fingerprint density at radius 3 is 2.60 bits per heavy atom. The first-order valence-electron chi connectivity index (χ1n) is 9.15. The highest BCUT2D eigenvalue weighted by Crippen LogP contribution is 2.32. The van der Waals surface area contributed by atoms with Gasteiger partial charge in [-0.3, -0.25) is 9.48 Å². The van der Waals surface area contributed by atoms with Crippen LogP contribution >= 0.6 is 0 Å². The monoisotopic (exact) mass is 368 g/mol. The molecule has 2 heterocycles. The van der Waals surface area contributed by atoms with Gasteiger partial charge in [0.15, 0.2) is 0 Å². The maximum Gasteiger partial charge on any atom is 0.246 e. The molecule has 0 bridgehead atoms. The van der Waals surface area contributed by atoms with E-state index in [0.29, 0.717) is 19.0 Å². The highest BCUT2D eigenvalue weighted by atomic mass is 32.2. The van der Waals surface area contributed by atoms with E-state index in [0.717, 1.165) is 6.54 Å². The summed E-state index contributed by atoms with van der Waals surface area (Å²) in [6, 6.07) is -0.0772. The van der Waals surface area contributed by atoms with Crippen LogP contribution in [0.2, 0.25) is 0 Å². The molecular weight excluding hydrogens is 340 g/mol. The van der Waals surface area contributed by atoms with Gasteiger partial charge in [0.25, 0.3) is 0 Å². The van der Waals surface area contributed by atoms with Crippen LogP contribution in [-0.4, -0.2) is 59.0 Å². The molecule has 7 nitrogen and oxygen atoms in total. The summed E-state index contributed by atoms with van der Waals surface area (Å²) in [7, 11) is -3.63. The normalized spacial score (nSPS) is 23.3. The average Bonchev–Trinajstić information content (AvgIpc) is 3.28. The Balaban J connectivity index is 1.85. The number of sulfonamides is 1. The molecule has 8 heteroatoms. The predicted octanol–water partition coefficient (Wildman–Crippen LogP) is 1.56. The molecule has 3 rings (SSSR count). The lowest BCUT2D eigenvalue weighted by atomic mass is 10.0. The molecule has 2 fully saturated rings. The number of amides is 1. The van der Waals surface area contributed by atoms with Crippen molar-refractivity contribution in [1.29, 1.82) is 0 Å². The van der Waals surface area contributed by atoms with Gasteiger partial charge < -0.3 is 4.90 Å². The number of carbonyl (C=O) groups is 1. The molecule has 0 aromatic carbocycles. The van der Waals surface area contributed by atoms with Crippen molar-refractivity contribution in [1.82, 2.24) is 19.0 Å². The molecule has 140 valence electrons. The fraction of sp³-hybridized carbons (Fsp3) is 0.765. The zero-order valence-corrected chi connectivity index (χ0v) is 16.1. The third-order valence-electron chi connectivity index (χ3n) is 5.18. The van der Waals surface area contributed by atoms with Gasteiger partial charge in [-0.1, -0.05) is 13.8 Å². The summed E-state index contributed by atoms with van der Waals surface area (Å²) >= 11 is 0. The minimum Gasteiger partial charge on any atom is -0.338 e. The first-order chi connectivity index (χ1) is 11.8. The molecule has 1 atom stereocenters. The van der Waals surface area contributed by atoms with E-state index in [1.54, 1.807) is 10.9 Å². The number of hydrogen-bond acceptors (Lipinski definition) is 4. The Morgan fingerprint density at radius 1 is 1.32 bits per heavy atom. The average molecular weight is 369 g/mol. The molecule has 25 heavy (non-hydrogen) atoms. The van der Waals surface area contributed by atoms with Crippen LogP contribution in [0, 0.1) is 11.8 Å². The van der Waals surface area contributed by atoms with E-state index >= 15 is 0 Å². The molecule has 1 saturated heterocycles. The van der Waals surface area contributed by atoms with Gasteiger partial charge in [-0.05, 0) is 31.6 Å². The first kappa shape index (κ1) is 18.4. The van der Waals surface area contributed by atoms with Crippen molar-refractivity contribution in [3.63, 3.8) is 0 Å². The molecule has 1 aromatic rings. The van der Waals surface area contributed by atoms with Crippen molar-refractivity contribution in [2.24, 2.45) is 11.8 Å². The summed E-state index contributed by atoms with van der Waals surface area (Å²) in [6.45, 7) is 8.02. The lowest BCUT2D eigenvalue weighted by molar-refractivity contribution is -0.133. The fourth-order valence-electron chi connectivity index (χ4n) is 3.35. The quantitative estimate of drug-likeness (QED) is 0.764. The summed E-state index contributed by atoms with van der Waals surface area (Å²) in [4.78, 5) is 14.8.